The Hall–Kier alpha value is -1.85. The lowest BCUT2D eigenvalue weighted by Crippen LogP contribution is -2.14. The molecule has 4 nitrogen and oxygen atoms in total. The van der Waals surface area contributed by atoms with E-state index in [4.69, 9.17) is 16.3 Å². The zero-order chi connectivity index (χ0) is 16.1. The normalized spacial score (nSPS) is 10.3. The van der Waals surface area contributed by atoms with E-state index in [9.17, 15) is 9.90 Å². The fourth-order valence-corrected chi connectivity index (χ4v) is 2.66. The van der Waals surface area contributed by atoms with Crippen molar-refractivity contribution in [1.82, 2.24) is 0 Å². The third kappa shape index (κ3) is 4.32. The average molecular weight is 338 g/mol. The van der Waals surface area contributed by atoms with Crippen molar-refractivity contribution in [1.29, 1.82) is 0 Å². The van der Waals surface area contributed by atoms with Gasteiger partial charge in [0.1, 0.15) is 11.5 Å². The Bertz CT molecular complexity index is 674. The van der Waals surface area contributed by atoms with Crippen molar-refractivity contribution in [2.45, 2.75) is 11.8 Å². The lowest BCUT2D eigenvalue weighted by atomic mass is 10.2. The van der Waals surface area contributed by atoms with E-state index in [-0.39, 0.29) is 17.4 Å². The largest absolute Gasteiger partial charge is 0.508 e. The zero-order valence-corrected chi connectivity index (χ0v) is 13.8. The Morgan fingerprint density at radius 3 is 2.64 bits per heavy atom. The van der Waals surface area contributed by atoms with Crippen LogP contribution in [0.25, 0.3) is 0 Å². The standard InChI is InChI=1S/C16H16ClNO3S/c1-10-7-14(15(21-2)8-13(10)17)18-16(20)9-22-12-5-3-11(19)4-6-12/h3-8,19H,9H2,1-2H3,(H,18,20). The van der Waals surface area contributed by atoms with Crippen LogP contribution in [-0.2, 0) is 4.79 Å². The van der Waals surface area contributed by atoms with Crippen LogP contribution in [0.15, 0.2) is 41.3 Å². The molecule has 2 rings (SSSR count). The lowest BCUT2D eigenvalue weighted by molar-refractivity contribution is -0.113. The summed E-state index contributed by atoms with van der Waals surface area (Å²) in [5.74, 6) is 0.849. The molecular weight excluding hydrogens is 322 g/mol. The number of methoxy groups -OCH3 is 1. The highest BCUT2D eigenvalue weighted by atomic mass is 35.5. The van der Waals surface area contributed by atoms with Crippen LogP contribution in [0.4, 0.5) is 5.69 Å². The van der Waals surface area contributed by atoms with Gasteiger partial charge in [0.25, 0.3) is 0 Å². The summed E-state index contributed by atoms with van der Waals surface area (Å²) in [6.45, 7) is 1.86. The van der Waals surface area contributed by atoms with Gasteiger partial charge in [0, 0.05) is 16.0 Å². The highest BCUT2D eigenvalue weighted by Gasteiger charge is 2.10. The van der Waals surface area contributed by atoms with E-state index in [1.807, 2.05) is 6.92 Å². The molecule has 0 saturated heterocycles. The molecule has 6 heteroatoms. The second-order valence-corrected chi connectivity index (χ2v) is 6.09. The van der Waals surface area contributed by atoms with Gasteiger partial charge in [0.2, 0.25) is 5.91 Å². The van der Waals surface area contributed by atoms with Crippen LogP contribution in [0.5, 0.6) is 11.5 Å². The first kappa shape index (κ1) is 16.5. The summed E-state index contributed by atoms with van der Waals surface area (Å²) in [6, 6.07) is 10.2. The molecule has 1 amide bonds. The smallest absolute Gasteiger partial charge is 0.234 e. The Morgan fingerprint density at radius 2 is 2.00 bits per heavy atom. The van der Waals surface area contributed by atoms with Gasteiger partial charge in [0.15, 0.2) is 0 Å². The number of rotatable bonds is 5. The molecular formula is C16H16ClNO3S. The fraction of sp³-hybridized carbons (Fsp3) is 0.188. The molecule has 2 aromatic carbocycles. The lowest BCUT2D eigenvalue weighted by Gasteiger charge is -2.12. The van der Waals surface area contributed by atoms with Crippen molar-refractivity contribution >= 4 is 35.0 Å². The summed E-state index contributed by atoms with van der Waals surface area (Å²) < 4.78 is 5.22. The van der Waals surface area contributed by atoms with Gasteiger partial charge < -0.3 is 15.2 Å². The number of hydrogen-bond acceptors (Lipinski definition) is 4. The van der Waals surface area contributed by atoms with Crippen molar-refractivity contribution in [2.75, 3.05) is 18.2 Å². The topological polar surface area (TPSA) is 58.6 Å². The van der Waals surface area contributed by atoms with Crippen LogP contribution < -0.4 is 10.1 Å². The number of aromatic hydroxyl groups is 1. The minimum atomic E-state index is -0.141. The maximum Gasteiger partial charge on any atom is 0.234 e. The predicted molar refractivity (Wildman–Crippen MR) is 90.2 cm³/mol. The third-order valence-electron chi connectivity index (χ3n) is 2.96. The Kier molecular flexibility index (Phi) is 5.57. The molecule has 0 aromatic heterocycles. The van der Waals surface area contributed by atoms with E-state index in [0.29, 0.717) is 16.5 Å². The first-order valence-corrected chi connectivity index (χ1v) is 7.92. The quantitative estimate of drug-likeness (QED) is 0.807. The molecule has 0 aliphatic rings. The summed E-state index contributed by atoms with van der Waals surface area (Å²) in [7, 11) is 1.53. The van der Waals surface area contributed by atoms with E-state index < -0.39 is 0 Å². The molecule has 2 N–H and O–H groups in total. The van der Waals surface area contributed by atoms with E-state index in [0.717, 1.165) is 10.5 Å². The number of phenols is 1. The monoisotopic (exact) mass is 337 g/mol. The Balaban J connectivity index is 2.00. The highest BCUT2D eigenvalue weighted by molar-refractivity contribution is 8.00. The Morgan fingerprint density at radius 1 is 1.32 bits per heavy atom. The van der Waals surface area contributed by atoms with Crippen molar-refractivity contribution < 1.29 is 14.6 Å². The molecule has 0 atom stereocenters. The molecule has 0 aliphatic heterocycles. The number of anilines is 1. The third-order valence-corrected chi connectivity index (χ3v) is 4.38. The summed E-state index contributed by atoms with van der Waals surface area (Å²) in [4.78, 5) is 13.0. The second-order valence-electron chi connectivity index (χ2n) is 4.63. The SMILES string of the molecule is COc1cc(Cl)c(C)cc1NC(=O)CSc1ccc(O)cc1. The number of nitrogens with one attached hydrogen (secondary N) is 1. The van der Waals surface area contributed by atoms with Gasteiger partial charge in [-0.05, 0) is 42.8 Å². The number of carbonyl (C=O) groups is 1. The number of thioether (sulfide) groups is 1. The van der Waals surface area contributed by atoms with Gasteiger partial charge in [-0.2, -0.15) is 0 Å². The first-order chi connectivity index (χ1) is 10.5. The molecule has 2 aromatic rings. The van der Waals surface area contributed by atoms with Crippen LogP contribution in [0, 0.1) is 6.92 Å². The average Bonchev–Trinajstić information content (AvgIpc) is 2.50. The molecule has 0 radical (unpaired) electrons. The minimum absolute atomic E-state index is 0.141. The minimum Gasteiger partial charge on any atom is -0.508 e. The van der Waals surface area contributed by atoms with E-state index >= 15 is 0 Å². The van der Waals surface area contributed by atoms with Gasteiger partial charge >= 0.3 is 0 Å². The van der Waals surface area contributed by atoms with Gasteiger partial charge in [-0.15, -0.1) is 11.8 Å². The number of carbonyl (C=O) groups excluding carboxylic acids is 1. The summed E-state index contributed by atoms with van der Waals surface area (Å²) in [5, 5.41) is 12.6. The van der Waals surface area contributed by atoms with Gasteiger partial charge in [-0.25, -0.2) is 0 Å². The molecule has 0 fully saturated rings. The van der Waals surface area contributed by atoms with Gasteiger partial charge in [0.05, 0.1) is 18.6 Å². The predicted octanol–water partition coefficient (Wildman–Crippen LogP) is 4.09. The summed E-state index contributed by atoms with van der Waals surface area (Å²) >= 11 is 7.43. The molecule has 116 valence electrons. The fourth-order valence-electron chi connectivity index (χ4n) is 1.81. The van der Waals surface area contributed by atoms with Crippen molar-refractivity contribution in [2.24, 2.45) is 0 Å². The van der Waals surface area contributed by atoms with Gasteiger partial charge in [-0.1, -0.05) is 11.6 Å². The van der Waals surface area contributed by atoms with E-state index in [1.54, 1.807) is 36.4 Å². The van der Waals surface area contributed by atoms with Crippen LogP contribution in [0.1, 0.15) is 5.56 Å². The number of ether oxygens (including phenoxy) is 1. The first-order valence-electron chi connectivity index (χ1n) is 6.55. The molecule has 0 aliphatic carbocycles. The van der Waals surface area contributed by atoms with E-state index in [1.165, 1.54) is 18.9 Å². The number of phenolic OH excluding ortho intramolecular Hbond substituents is 1. The number of amides is 1. The maximum absolute atomic E-state index is 12.0. The van der Waals surface area contributed by atoms with Crippen LogP contribution >= 0.6 is 23.4 Å². The molecule has 22 heavy (non-hydrogen) atoms. The molecule has 0 unspecified atom stereocenters. The van der Waals surface area contributed by atoms with Crippen LogP contribution in [0.3, 0.4) is 0 Å². The Labute approximate surface area is 138 Å². The molecule has 0 spiro atoms. The maximum atomic E-state index is 12.0. The second kappa shape index (κ2) is 7.42. The number of aryl methyl sites for hydroxylation is 1. The summed E-state index contributed by atoms with van der Waals surface area (Å²) in [6.07, 6.45) is 0. The number of halogens is 1. The van der Waals surface area contributed by atoms with Crippen LogP contribution in [-0.4, -0.2) is 23.9 Å². The van der Waals surface area contributed by atoms with Crippen molar-refractivity contribution in [3.8, 4) is 11.5 Å². The van der Waals surface area contributed by atoms with Crippen LogP contribution in [0.2, 0.25) is 5.02 Å². The van der Waals surface area contributed by atoms with Gasteiger partial charge in [-0.3, -0.25) is 4.79 Å². The highest BCUT2D eigenvalue weighted by Crippen LogP contribution is 2.31. The molecule has 0 saturated carbocycles. The molecule has 0 heterocycles. The molecule has 0 bridgehead atoms. The van der Waals surface area contributed by atoms with E-state index in [2.05, 4.69) is 5.32 Å². The zero-order valence-electron chi connectivity index (χ0n) is 12.2. The summed E-state index contributed by atoms with van der Waals surface area (Å²) in [5.41, 5.74) is 1.46. The van der Waals surface area contributed by atoms with Crippen molar-refractivity contribution in [3.63, 3.8) is 0 Å². The number of benzene rings is 2. The number of hydrogen-bond donors (Lipinski definition) is 2. The van der Waals surface area contributed by atoms with Crippen molar-refractivity contribution in [3.05, 3.63) is 47.0 Å².